The van der Waals surface area contributed by atoms with Crippen molar-refractivity contribution in [3.63, 3.8) is 0 Å². The maximum absolute atomic E-state index is 13.3. The zero-order chi connectivity index (χ0) is 13.8. The van der Waals surface area contributed by atoms with Gasteiger partial charge in [0.2, 0.25) is 0 Å². The summed E-state index contributed by atoms with van der Waals surface area (Å²) in [6.07, 6.45) is 0.636. The van der Waals surface area contributed by atoms with Crippen molar-refractivity contribution in [3.05, 3.63) is 35.8 Å². The lowest BCUT2D eigenvalue weighted by Gasteiger charge is -2.10. The van der Waals surface area contributed by atoms with E-state index in [0.717, 1.165) is 16.9 Å². The van der Waals surface area contributed by atoms with E-state index < -0.39 is 5.97 Å². The normalized spacial score (nSPS) is 10.6. The van der Waals surface area contributed by atoms with Crippen LogP contribution in [0.3, 0.4) is 0 Å². The SMILES string of the molecule is Cc1cc(NCCCC(=O)O)c2cc(F)ccc2n1. The Balaban J connectivity index is 2.21. The molecule has 0 saturated heterocycles. The summed E-state index contributed by atoms with van der Waals surface area (Å²) >= 11 is 0. The first kappa shape index (κ1) is 13.3. The van der Waals surface area contributed by atoms with Crippen LogP contribution >= 0.6 is 0 Å². The maximum atomic E-state index is 13.3. The molecule has 0 spiro atoms. The van der Waals surface area contributed by atoms with Crippen molar-refractivity contribution in [3.8, 4) is 0 Å². The molecule has 2 rings (SSSR count). The Labute approximate surface area is 110 Å². The molecule has 5 heteroatoms. The van der Waals surface area contributed by atoms with Crippen molar-refractivity contribution in [2.45, 2.75) is 19.8 Å². The number of carboxylic acids is 1. The van der Waals surface area contributed by atoms with E-state index in [2.05, 4.69) is 10.3 Å². The molecule has 0 aliphatic carbocycles. The number of aryl methyl sites for hydroxylation is 1. The number of nitrogens with one attached hydrogen (secondary N) is 1. The Bertz CT molecular complexity index is 614. The topological polar surface area (TPSA) is 62.2 Å². The van der Waals surface area contributed by atoms with Gasteiger partial charge in [-0.25, -0.2) is 4.39 Å². The lowest BCUT2D eigenvalue weighted by Crippen LogP contribution is -2.06. The summed E-state index contributed by atoms with van der Waals surface area (Å²) in [5.41, 5.74) is 2.34. The first-order valence-corrected chi connectivity index (χ1v) is 6.09. The fourth-order valence-corrected chi connectivity index (χ4v) is 1.94. The first-order valence-electron chi connectivity index (χ1n) is 6.09. The molecule has 1 heterocycles. The van der Waals surface area contributed by atoms with Gasteiger partial charge < -0.3 is 10.4 Å². The molecule has 0 aliphatic heterocycles. The molecule has 0 radical (unpaired) electrons. The number of benzene rings is 1. The highest BCUT2D eigenvalue weighted by Gasteiger charge is 2.05. The molecule has 2 aromatic rings. The molecule has 0 aliphatic rings. The number of hydrogen-bond donors (Lipinski definition) is 2. The molecule has 100 valence electrons. The van der Waals surface area contributed by atoms with E-state index in [1.54, 1.807) is 6.07 Å². The quantitative estimate of drug-likeness (QED) is 0.813. The predicted molar refractivity (Wildman–Crippen MR) is 71.8 cm³/mol. The van der Waals surface area contributed by atoms with Gasteiger partial charge in [-0.1, -0.05) is 0 Å². The Morgan fingerprint density at radius 1 is 1.42 bits per heavy atom. The number of nitrogens with zero attached hydrogens (tertiary/aromatic N) is 1. The van der Waals surface area contributed by atoms with E-state index in [1.165, 1.54) is 12.1 Å². The van der Waals surface area contributed by atoms with Gasteiger partial charge in [-0.15, -0.1) is 0 Å². The summed E-state index contributed by atoms with van der Waals surface area (Å²) in [7, 11) is 0. The van der Waals surface area contributed by atoms with Crippen LogP contribution in [-0.4, -0.2) is 22.6 Å². The van der Waals surface area contributed by atoms with Crippen LogP contribution in [-0.2, 0) is 4.79 Å². The molecule has 0 atom stereocenters. The molecule has 0 amide bonds. The monoisotopic (exact) mass is 262 g/mol. The van der Waals surface area contributed by atoms with Crippen molar-refractivity contribution in [1.29, 1.82) is 0 Å². The van der Waals surface area contributed by atoms with Crippen LogP contribution in [0.4, 0.5) is 10.1 Å². The molecule has 19 heavy (non-hydrogen) atoms. The zero-order valence-electron chi connectivity index (χ0n) is 10.6. The van der Waals surface area contributed by atoms with Gasteiger partial charge in [0.05, 0.1) is 5.52 Å². The van der Waals surface area contributed by atoms with Crippen molar-refractivity contribution in [1.82, 2.24) is 4.98 Å². The van der Waals surface area contributed by atoms with Crippen molar-refractivity contribution in [2.75, 3.05) is 11.9 Å². The standard InChI is InChI=1S/C14H15FN2O2/c1-9-7-13(16-6-2-3-14(18)19)11-8-10(15)4-5-12(11)17-9/h4-5,7-8H,2-3,6H2,1H3,(H,16,17)(H,18,19). The second-order valence-electron chi connectivity index (χ2n) is 4.40. The van der Waals surface area contributed by atoms with E-state index in [1.807, 2.05) is 13.0 Å². The summed E-state index contributed by atoms with van der Waals surface area (Å²) in [5, 5.41) is 12.4. The number of rotatable bonds is 5. The molecular formula is C14H15FN2O2. The third kappa shape index (κ3) is 3.40. The Kier molecular flexibility index (Phi) is 3.94. The number of halogens is 1. The summed E-state index contributed by atoms with van der Waals surface area (Å²) < 4.78 is 13.3. The zero-order valence-corrected chi connectivity index (χ0v) is 10.6. The number of hydrogen-bond acceptors (Lipinski definition) is 3. The second-order valence-corrected chi connectivity index (χ2v) is 4.40. The molecular weight excluding hydrogens is 247 g/mol. The van der Waals surface area contributed by atoms with Gasteiger partial charge in [0, 0.05) is 29.7 Å². The molecule has 2 N–H and O–H groups in total. The number of anilines is 1. The largest absolute Gasteiger partial charge is 0.481 e. The minimum atomic E-state index is -0.816. The van der Waals surface area contributed by atoms with Gasteiger partial charge in [-0.05, 0) is 37.6 Å². The average molecular weight is 262 g/mol. The van der Waals surface area contributed by atoms with Gasteiger partial charge in [0.25, 0.3) is 0 Å². The van der Waals surface area contributed by atoms with Crippen LogP contribution in [0.15, 0.2) is 24.3 Å². The van der Waals surface area contributed by atoms with Crippen LogP contribution in [0, 0.1) is 12.7 Å². The predicted octanol–water partition coefficient (Wildman–Crippen LogP) is 2.96. The van der Waals surface area contributed by atoms with Crippen LogP contribution in [0.25, 0.3) is 10.9 Å². The number of carboxylic acid groups (broad SMARTS) is 1. The van der Waals surface area contributed by atoms with E-state index in [-0.39, 0.29) is 12.2 Å². The highest BCUT2D eigenvalue weighted by molar-refractivity contribution is 5.91. The molecule has 0 fully saturated rings. The smallest absolute Gasteiger partial charge is 0.303 e. The number of pyridine rings is 1. The fourth-order valence-electron chi connectivity index (χ4n) is 1.94. The molecule has 0 bridgehead atoms. The maximum Gasteiger partial charge on any atom is 0.303 e. The van der Waals surface area contributed by atoms with E-state index in [0.29, 0.717) is 18.4 Å². The molecule has 0 unspecified atom stereocenters. The molecule has 0 saturated carbocycles. The highest BCUT2D eigenvalue weighted by Crippen LogP contribution is 2.24. The van der Waals surface area contributed by atoms with Gasteiger partial charge in [-0.3, -0.25) is 9.78 Å². The van der Waals surface area contributed by atoms with Crippen LogP contribution in [0.5, 0.6) is 0 Å². The van der Waals surface area contributed by atoms with Gasteiger partial charge in [0.1, 0.15) is 5.82 Å². The van der Waals surface area contributed by atoms with Crippen LogP contribution in [0.1, 0.15) is 18.5 Å². The minimum Gasteiger partial charge on any atom is -0.481 e. The fraction of sp³-hybridized carbons (Fsp3) is 0.286. The lowest BCUT2D eigenvalue weighted by atomic mass is 10.1. The summed E-state index contributed by atoms with van der Waals surface area (Å²) in [5.74, 6) is -1.13. The average Bonchev–Trinajstić information content (AvgIpc) is 2.35. The highest BCUT2D eigenvalue weighted by atomic mass is 19.1. The summed E-state index contributed by atoms with van der Waals surface area (Å²) in [6, 6.07) is 6.28. The first-order chi connectivity index (χ1) is 9.06. The van der Waals surface area contributed by atoms with Gasteiger partial charge in [-0.2, -0.15) is 0 Å². The van der Waals surface area contributed by atoms with Crippen LogP contribution < -0.4 is 5.32 Å². The Hall–Kier alpha value is -2.17. The minimum absolute atomic E-state index is 0.114. The molecule has 4 nitrogen and oxygen atoms in total. The van der Waals surface area contributed by atoms with Crippen molar-refractivity contribution >= 4 is 22.6 Å². The second kappa shape index (κ2) is 5.65. The lowest BCUT2D eigenvalue weighted by molar-refractivity contribution is -0.137. The third-order valence-corrected chi connectivity index (χ3v) is 2.78. The number of aliphatic carboxylic acids is 1. The van der Waals surface area contributed by atoms with E-state index >= 15 is 0 Å². The Morgan fingerprint density at radius 2 is 2.21 bits per heavy atom. The van der Waals surface area contributed by atoms with Crippen molar-refractivity contribution in [2.24, 2.45) is 0 Å². The van der Waals surface area contributed by atoms with E-state index in [9.17, 15) is 9.18 Å². The summed E-state index contributed by atoms with van der Waals surface area (Å²) in [4.78, 5) is 14.8. The van der Waals surface area contributed by atoms with Gasteiger partial charge >= 0.3 is 5.97 Å². The summed E-state index contributed by atoms with van der Waals surface area (Å²) in [6.45, 7) is 2.40. The molecule has 1 aromatic heterocycles. The van der Waals surface area contributed by atoms with Crippen molar-refractivity contribution < 1.29 is 14.3 Å². The van der Waals surface area contributed by atoms with E-state index in [4.69, 9.17) is 5.11 Å². The Morgan fingerprint density at radius 3 is 2.95 bits per heavy atom. The number of aromatic nitrogens is 1. The number of carbonyl (C=O) groups is 1. The van der Waals surface area contributed by atoms with Gasteiger partial charge in [0.15, 0.2) is 0 Å². The number of fused-ring (bicyclic) bond motifs is 1. The third-order valence-electron chi connectivity index (χ3n) is 2.78. The van der Waals surface area contributed by atoms with Crippen LogP contribution in [0.2, 0.25) is 0 Å². The molecule has 1 aromatic carbocycles.